The molecule has 2 aliphatic rings. The van der Waals surface area contributed by atoms with E-state index in [-0.39, 0.29) is 12.4 Å². The van der Waals surface area contributed by atoms with Crippen LogP contribution in [0.4, 0.5) is 0 Å². The van der Waals surface area contributed by atoms with Crippen LogP contribution in [0.15, 0.2) is 24.5 Å². The SMILES string of the molecule is COc1cncc(C2=C[C@H]3CNC[C@H]3C2)c1.Cl. The fraction of sp³-hybridized carbons (Fsp3) is 0.462. The van der Waals surface area contributed by atoms with E-state index in [2.05, 4.69) is 22.4 Å². The number of allylic oxidation sites excluding steroid dienone is 1. The number of nitrogens with zero attached hydrogens (tertiary/aromatic N) is 1. The minimum atomic E-state index is 0. The van der Waals surface area contributed by atoms with Crippen LogP contribution in [0.25, 0.3) is 5.57 Å². The average molecular weight is 253 g/mol. The van der Waals surface area contributed by atoms with Crippen molar-refractivity contribution in [2.24, 2.45) is 11.8 Å². The molecule has 1 aliphatic carbocycles. The van der Waals surface area contributed by atoms with Gasteiger partial charge in [0.25, 0.3) is 0 Å². The molecule has 1 fully saturated rings. The van der Waals surface area contributed by atoms with Gasteiger partial charge in [0.05, 0.1) is 13.3 Å². The molecule has 1 aromatic heterocycles. The molecule has 2 heterocycles. The van der Waals surface area contributed by atoms with Crippen LogP contribution in [0.2, 0.25) is 0 Å². The third-order valence-electron chi connectivity index (χ3n) is 3.61. The Morgan fingerprint density at radius 3 is 3.00 bits per heavy atom. The van der Waals surface area contributed by atoms with E-state index in [9.17, 15) is 0 Å². The molecular weight excluding hydrogens is 236 g/mol. The molecule has 4 heteroatoms. The van der Waals surface area contributed by atoms with E-state index in [0.717, 1.165) is 30.7 Å². The van der Waals surface area contributed by atoms with Crippen molar-refractivity contribution in [1.29, 1.82) is 0 Å². The summed E-state index contributed by atoms with van der Waals surface area (Å²) in [4.78, 5) is 4.21. The highest BCUT2D eigenvalue weighted by Crippen LogP contribution is 2.38. The maximum Gasteiger partial charge on any atom is 0.137 e. The lowest BCUT2D eigenvalue weighted by Crippen LogP contribution is -2.09. The summed E-state index contributed by atoms with van der Waals surface area (Å²) in [6.45, 7) is 2.29. The predicted octanol–water partition coefficient (Wildman–Crippen LogP) is 2.13. The number of nitrogens with one attached hydrogen (secondary N) is 1. The Bertz CT molecular complexity index is 433. The van der Waals surface area contributed by atoms with Crippen LogP contribution >= 0.6 is 12.4 Å². The summed E-state index contributed by atoms with van der Waals surface area (Å²) < 4.78 is 5.21. The Kier molecular flexibility index (Phi) is 3.69. The molecule has 1 aliphatic heterocycles. The number of hydrogen-bond acceptors (Lipinski definition) is 3. The van der Waals surface area contributed by atoms with Crippen molar-refractivity contribution >= 4 is 18.0 Å². The Balaban J connectivity index is 0.00000108. The van der Waals surface area contributed by atoms with Crippen LogP contribution in [0, 0.1) is 11.8 Å². The van der Waals surface area contributed by atoms with Gasteiger partial charge in [0.2, 0.25) is 0 Å². The smallest absolute Gasteiger partial charge is 0.137 e. The maximum absolute atomic E-state index is 5.21. The minimum Gasteiger partial charge on any atom is -0.495 e. The van der Waals surface area contributed by atoms with E-state index in [1.165, 1.54) is 17.6 Å². The van der Waals surface area contributed by atoms with Gasteiger partial charge in [-0.15, -0.1) is 12.4 Å². The van der Waals surface area contributed by atoms with Gasteiger partial charge in [-0.3, -0.25) is 4.98 Å². The molecule has 1 aromatic rings. The molecule has 0 unspecified atom stereocenters. The molecule has 0 spiro atoms. The van der Waals surface area contributed by atoms with Crippen LogP contribution in [0.1, 0.15) is 12.0 Å². The van der Waals surface area contributed by atoms with Gasteiger partial charge in [0.15, 0.2) is 0 Å². The number of ether oxygens (including phenoxy) is 1. The molecule has 1 saturated heterocycles. The first kappa shape index (κ1) is 12.4. The number of methoxy groups -OCH3 is 1. The van der Waals surface area contributed by atoms with E-state index in [1.807, 2.05) is 6.20 Å². The summed E-state index contributed by atoms with van der Waals surface area (Å²) in [5, 5.41) is 3.43. The van der Waals surface area contributed by atoms with Crippen molar-refractivity contribution in [3.05, 3.63) is 30.1 Å². The molecule has 1 N–H and O–H groups in total. The second-order valence-corrected chi connectivity index (χ2v) is 4.59. The normalized spacial score (nSPS) is 26.1. The lowest BCUT2D eigenvalue weighted by molar-refractivity contribution is 0.412. The van der Waals surface area contributed by atoms with Crippen LogP contribution in [-0.2, 0) is 0 Å². The molecule has 92 valence electrons. The molecule has 17 heavy (non-hydrogen) atoms. The van der Waals surface area contributed by atoms with Crippen molar-refractivity contribution in [1.82, 2.24) is 10.3 Å². The Hall–Kier alpha value is -1.06. The molecule has 0 bridgehead atoms. The summed E-state index contributed by atoms with van der Waals surface area (Å²) in [7, 11) is 1.68. The topological polar surface area (TPSA) is 34.1 Å². The van der Waals surface area contributed by atoms with Gasteiger partial charge >= 0.3 is 0 Å². The monoisotopic (exact) mass is 252 g/mol. The first-order valence-electron chi connectivity index (χ1n) is 5.77. The van der Waals surface area contributed by atoms with Crippen LogP contribution in [0.5, 0.6) is 5.75 Å². The highest BCUT2D eigenvalue weighted by molar-refractivity contribution is 5.85. The number of pyridine rings is 1. The van der Waals surface area contributed by atoms with Crippen LogP contribution in [0.3, 0.4) is 0 Å². The first-order valence-corrected chi connectivity index (χ1v) is 5.77. The van der Waals surface area contributed by atoms with Gasteiger partial charge in [0, 0.05) is 12.7 Å². The van der Waals surface area contributed by atoms with E-state index >= 15 is 0 Å². The molecule has 0 radical (unpaired) electrons. The van der Waals surface area contributed by atoms with Crippen molar-refractivity contribution < 1.29 is 4.74 Å². The molecular formula is C13H17ClN2O. The summed E-state index contributed by atoms with van der Waals surface area (Å²) >= 11 is 0. The van der Waals surface area contributed by atoms with Crippen molar-refractivity contribution in [2.45, 2.75) is 6.42 Å². The summed E-state index contributed by atoms with van der Waals surface area (Å²) in [6.07, 6.45) is 7.26. The quantitative estimate of drug-likeness (QED) is 0.876. The van der Waals surface area contributed by atoms with Gasteiger partial charge in [-0.25, -0.2) is 0 Å². The first-order chi connectivity index (χ1) is 7.86. The largest absolute Gasteiger partial charge is 0.495 e. The van der Waals surface area contributed by atoms with Crippen molar-refractivity contribution in [2.75, 3.05) is 20.2 Å². The number of hydrogen-bond donors (Lipinski definition) is 1. The third-order valence-corrected chi connectivity index (χ3v) is 3.61. The minimum absolute atomic E-state index is 0. The van der Waals surface area contributed by atoms with E-state index in [0.29, 0.717) is 0 Å². The lowest BCUT2D eigenvalue weighted by Gasteiger charge is -2.07. The number of aromatic nitrogens is 1. The van der Waals surface area contributed by atoms with E-state index < -0.39 is 0 Å². The zero-order valence-corrected chi connectivity index (χ0v) is 10.7. The fourth-order valence-electron chi connectivity index (χ4n) is 2.70. The zero-order valence-electron chi connectivity index (χ0n) is 9.85. The van der Waals surface area contributed by atoms with Crippen LogP contribution in [-0.4, -0.2) is 25.2 Å². The van der Waals surface area contributed by atoms with Gasteiger partial charge in [-0.05, 0) is 42.0 Å². The summed E-state index contributed by atoms with van der Waals surface area (Å²) in [6, 6.07) is 2.08. The summed E-state index contributed by atoms with van der Waals surface area (Å²) in [5.41, 5.74) is 2.65. The third kappa shape index (κ3) is 2.31. The summed E-state index contributed by atoms with van der Waals surface area (Å²) in [5.74, 6) is 2.36. The molecule has 3 rings (SSSR count). The van der Waals surface area contributed by atoms with Gasteiger partial charge in [0.1, 0.15) is 5.75 Å². The number of halogens is 1. The second kappa shape index (κ2) is 5.07. The molecule has 0 saturated carbocycles. The van der Waals surface area contributed by atoms with Gasteiger partial charge in [-0.1, -0.05) is 6.08 Å². The highest BCUT2D eigenvalue weighted by Gasteiger charge is 2.31. The van der Waals surface area contributed by atoms with E-state index in [4.69, 9.17) is 4.74 Å². The fourth-order valence-corrected chi connectivity index (χ4v) is 2.70. The van der Waals surface area contributed by atoms with Crippen molar-refractivity contribution in [3.8, 4) is 5.75 Å². The molecule has 3 nitrogen and oxygen atoms in total. The average Bonchev–Trinajstić information content (AvgIpc) is 2.89. The van der Waals surface area contributed by atoms with Crippen molar-refractivity contribution in [3.63, 3.8) is 0 Å². The standard InChI is InChI=1S/C13H16N2O.ClH/c1-16-13-4-12(7-15-8-13)9-2-10-5-14-6-11(10)3-9;/h2,4,7-8,10-11,14H,3,5-6H2,1H3;1H/t10-,11+;/m0./s1. The van der Waals surface area contributed by atoms with Gasteiger partial charge in [-0.2, -0.15) is 0 Å². The van der Waals surface area contributed by atoms with Crippen LogP contribution < -0.4 is 10.1 Å². The van der Waals surface area contributed by atoms with Gasteiger partial charge < -0.3 is 10.1 Å². The zero-order chi connectivity index (χ0) is 11.0. The molecule has 0 amide bonds. The number of rotatable bonds is 2. The predicted molar refractivity (Wildman–Crippen MR) is 70.5 cm³/mol. The Morgan fingerprint density at radius 1 is 1.35 bits per heavy atom. The Morgan fingerprint density at radius 2 is 2.24 bits per heavy atom. The highest BCUT2D eigenvalue weighted by atomic mass is 35.5. The Labute approximate surface area is 108 Å². The van der Waals surface area contributed by atoms with E-state index in [1.54, 1.807) is 13.3 Å². The molecule has 0 aromatic carbocycles. The maximum atomic E-state index is 5.21. The molecule has 2 atom stereocenters. The second-order valence-electron chi connectivity index (χ2n) is 4.59. The number of fused-ring (bicyclic) bond motifs is 1. The lowest BCUT2D eigenvalue weighted by atomic mass is 9.99.